The molecule has 1 amide bonds. The van der Waals surface area contributed by atoms with Gasteiger partial charge >= 0.3 is 0 Å². The van der Waals surface area contributed by atoms with Crippen LogP contribution in [0.1, 0.15) is 31.2 Å². The Morgan fingerprint density at radius 3 is 2.66 bits per heavy atom. The Balaban J connectivity index is 1.37. The molecule has 0 saturated carbocycles. The van der Waals surface area contributed by atoms with Gasteiger partial charge in [0.05, 0.1) is 13.2 Å². The zero-order valence-electron chi connectivity index (χ0n) is 18.5. The number of benzene rings is 1. The summed E-state index contributed by atoms with van der Waals surface area (Å²) in [7, 11) is 0. The third-order valence-electron chi connectivity index (χ3n) is 6.31. The van der Waals surface area contributed by atoms with E-state index in [1.807, 2.05) is 4.90 Å². The van der Waals surface area contributed by atoms with E-state index in [2.05, 4.69) is 10.1 Å². The number of halogens is 1. The van der Waals surface area contributed by atoms with Gasteiger partial charge in [-0.2, -0.15) is 0 Å². The van der Waals surface area contributed by atoms with Crippen molar-refractivity contribution in [2.45, 2.75) is 38.1 Å². The maximum atomic E-state index is 14.2. The molecular weight excluding hydrogens is 413 g/mol. The van der Waals surface area contributed by atoms with E-state index in [1.54, 1.807) is 18.2 Å². The average molecular weight is 446 g/mol. The number of ether oxygens (including phenoxy) is 2. The maximum Gasteiger partial charge on any atom is 0.223 e. The van der Waals surface area contributed by atoms with Crippen molar-refractivity contribution in [2.24, 2.45) is 0 Å². The molecule has 1 aromatic heterocycles. The summed E-state index contributed by atoms with van der Waals surface area (Å²) in [5.74, 6) is -0.222. The van der Waals surface area contributed by atoms with Crippen molar-refractivity contribution in [1.29, 1.82) is 0 Å². The Bertz CT molecular complexity index is 862. The van der Waals surface area contributed by atoms with Crippen LogP contribution in [0.2, 0.25) is 0 Å². The van der Waals surface area contributed by atoms with Gasteiger partial charge in [0.15, 0.2) is 0 Å². The molecule has 2 fully saturated rings. The minimum atomic E-state index is -0.346. The van der Waals surface area contributed by atoms with Crippen LogP contribution in [0.25, 0.3) is 11.3 Å². The van der Waals surface area contributed by atoms with E-state index >= 15 is 0 Å². The van der Waals surface area contributed by atoms with E-state index in [4.69, 9.17) is 14.0 Å². The summed E-state index contributed by atoms with van der Waals surface area (Å²) >= 11 is 0. The minimum absolute atomic E-state index is 0.125. The summed E-state index contributed by atoms with van der Waals surface area (Å²) in [6.07, 6.45) is 5.02. The van der Waals surface area contributed by atoms with Crippen LogP contribution in [0.3, 0.4) is 0 Å². The van der Waals surface area contributed by atoms with Crippen LogP contribution in [0, 0.1) is 5.82 Å². The maximum absolute atomic E-state index is 14.2. The number of aryl methyl sites for hydroxylation is 1. The summed E-state index contributed by atoms with van der Waals surface area (Å²) in [6, 6.07) is 6.71. The van der Waals surface area contributed by atoms with Crippen molar-refractivity contribution in [2.75, 3.05) is 52.6 Å². The van der Waals surface area contributed by atoms with Crippen molar-refractivity contribution < 1.29 is 23.2 Å². The van der Waals surface area contributed by atoms with Crippen LogP contribution in [0.15, 0.2) is 35.1 Å². The van der Waals surface area contributed by atoms with E-state index in [1.165, 1.54) is 12.3 Å². The van der Waals surface area contributed by atoms with Gasteiger partial charge in [0, 0.05) is 63.0 Å². The first kappa shape index (κ1) is 22.9. The van der Waals surface area contributed by atoms with Crippen molar-refractivity contribution in [1.82, 2.24) is 15.0 Å². The molecule has 2 aromatic rings. The molecule has 0 radical (unpaired) electrons. The number of hydrogen-bond acceptors (Lipinski definition) is 6. The highest BCUT2D eigenvalue weighted by Crippen LogP contribution is 2.26. The number of carbonyl (C=O) groups is 1. The fourth-order valence-electron chi connectivity index (χ4n) is 4.49. The molecule has 4 rings (SSSR count). The van der Waals surface area contributed by atoms with E-state index in [9.17, 15) is 9.18 Å². The molecule has 0 N–H and O–H groups in total. The fourth-order valence-corrected chi connectivity index (χ4v) is 4.49. The molecule has 174 valence electrons. The molecule has 0 unspecified atom stereocenters. The molecule has 0 bridgehead atoms. The minimum Gasteiger partial charge on any atom is -0.381 e. The Labute approximate surface area is 188 Å². The van der Waals surface area contributed by atoms with Crippen LogP contribution in [-0.4, -0.2) is 79.5 Å². The largest absolute Gasteiger partial charge is 0.381 e. The molecule has 1 aromatic carbocycles. The fraction of sp³-hybridized carbons (Fsp3) is 0.583. The molecule has 2 aliphatic heterocycles. The lowest BCUT2D eigenvalue weighted by Gasteiger charge is -2.35. The van der Waals surface area contributed by atoms with E-state index < -0.39 is 0 Å². The molecule has 8 heteroatoms. The number of amides is 1. The highest BCUT2D eigenvalue weighted by atomic mass is 19.1. The highest BCUT2D eigenvalue weighted by molar-refractivity contribution is 5.77. The smallest absolute Gasteiger partial charge is 0.223 e. The van der Waals surface area contributed by atoms with Gasteiger partial charge in [0.2, 0.25) is 5.91 Å². The Hall–Kier alpha value is -2.29. The highest BCUT2D eigenvalue weighted by Gasteiger charge is 2.26. The van der Waals surface area contributed by atoms with E-state index in [-0.39, 0.29) is 17.8 Å². The zero-order chi connectivity index (χ0) is 22.2. The van der Waals surface area contributed by atoms with Crippen LogP contribution >= 0.6 is 0 Å². The summed E-state index contributed by atoms with van der Waals surface area (Å²) in [5, 5.41) is 3.99. The Morgan fingerprint density at radius 1 is 1.12 bits per heavy atom. The lowest BCUT2D eigenvalue weighted by atomic mass is 10.0. The quantitative estimate of drug-likeness (QED) is 0.591. The number of aromatic nitrogens is 1. The van der Waals surface area contributed by atoms with Crippen molar-refractivity contribution in [3.05, 3.63) is 41.9 Å². The number of nitrogens with zero attached hydrogens (tertiary/aromatic N) is 3. The van der Waals surface area contributed by atoms with Gasteiger partial charge < -0.3 is 18.9 Å². The third kappa shape index (κ3) is 5.94. The normalized spacial score (nSPS) is 18.0. The van der Waals surface area contributed by atoms with Crippen LogP contribution in [-0.2, 0) is 20.7 Å². The van der Waals surface area contributed by atoms with Crippen LogP contribution in [0.5, 0.6) is 0 Å². The second-order valence-electron chi connectivity index (χ2n) is 8.41. The first-order valence-electron chi connectivity index (χ1n) is 11.6. The molecule has 7 nitrogen and oxygen atoms in total. The third-order valence-corrected chi connectivity index (χ3v) is 6.31. The Morgan fingerprint density at radius 2 is 1.88 bits per heavy atom. The SMILES string of the molecule is O=C(CCc1conc1-c1ccccc1F)N(CCCN1CCOCC1)C1CCOCC1. The van der Waals surface area contributed by atoms with Gasteiger partial charge in [0.1, 0.15) is 17.8 Å². The lowest BCUT2D eigenvalue weighted by Crippen LogP contribution is -2.45. The van der Waals surface area contributed by atoms with Gasteiger partial charge in [-0.3, -0.25) is 9.69 Å². The summed E-state index contributed by atoms with van der Waals surface area (Å²) in [5.41, 5.74) is 1.63. The summed E-state index contributed by atoms with van der Waals surface area (Å²) < 4.78 is 30.3. The Kier molecular flexibility index (Phi) is 8.25. The summed E-state index contributed by atoms with van der Waals surface area (Å²) in [6.45, 7) is 6.58. The van der Waals surface area contributed by atoms with Gasteiger partial charge in [-0.05, 0) is 37.8 Å². The number of morpholine rings is 1. The van der Waals surface area contributed by atoms with Crippen molar-refractivity contribution in [3.8, 4) is 11.3 Å². The topological polar surface area (TPSA) is 68.0 Å². The standard InChI is InChI=1S/C24H32FN3O4/c25-22-5-2-1-4-21(22)24-19(18-32-26-24)6-7-23(29)28(20-8-14-30-15-9-20)11-3-10-27-12-16-31-17-13-27/h1-2,4-5,18,20H,3,6-17H2. The van der Waals surface area contributed by atoms with Gasteiger partial charge in [0.25, 0.3) is 0 Å². The predicted molar refractivity (Wildman–Crippen MR) is 118 cm³/mol. The first-order valence-corrected chi connectivity index (χ1v) is 11.6. The molecule has 0 aliphatic carbocycles. The zero-order valence-corrected chi connectivity index (χ0v) is 18.5. The number of carbonyl (C=O) groups excluding carboxylic acids is 1. The second-order valence-corrected chi connectivity index (χ2v) is 8.41. The van der Waals surface area contributed by atoms with Crippen LogP contribution < -0.4 is 0 Å². The second kappa shape index (κ2) is 11.5. The van der Waals surface area contributed by atoms with Crippen LogP contribution in [0.4, 0.5) is 4.39 Å². The molecular formula is C24H32FN3O4. The molecule has 2 saturated heterocycles. The van der Waals surface area contributed by atoms with Crippen molar-refractivity contribution >= 4 is 5.91 Å². The summed E-state index contributed by atoms with van der Waals surface area (Å²) in [4.78, 5) is 17.7. The molecule has 0 spiro atoms. The first-order chi connectivity index (χ1) is 15.7. The van der Waals surface area contributed by atoms with Gasteiger partial charge in [-0.1, -0.05) is 17.3 Å². The predicted octanol–water partition coefficient (Wildman–Crippen LogP) is 3.14. The average Bonchev–Trinajstić information content (AvgIpc) is 3.30. The van der Waals surface area contributed by atoms with Crippen molar-refractivity contribution in [3.63, 3.8) is 0 Å². The van der Waals surface area contributed by atoms with Gasteiger partial charge in [-0.25, -0.2) is 4.39 Å². The number of hydrogen-bond donors (Lipinski definition) is 0. The molecule has 32 heavy (non-hydrogen) atoms. The molecule has 3 heterocycles. The van der Waals surface area contributed by atoms with E-state index in [0.717, 1.165) is 64.2 Å². The number of rotatable bonds is 9. The molecule has 2 aliphatic rings. The molecule has 0 atom stereocenters. The van der Waals surface area contributed by atoms with E-state index in [0.29, 0.717) is 37.3 Å². The van der Waals surface area contributed by atoms with Gasteiger partial charge in [-0.15, -0.1) is 0 Å². The lowest BCUT2D eigenvalue weighted by molar-refractivity contribution is -0.135. The monoisotopic (exact) mass is 445 g/mol.